The maximum atomic E-state index is 13.7. The minimum absolute atomic E-state index is 0.337. The lowest BCUT2D eigenvalue weighted by molar-refractivity contribution is -0.267. The van der Waals surface area contributed by atoms with Crippen LogP contribution in [0.5, 0.6) is 0 Å². The molecule has 0 spiro atoms. The van der Waals surface area contributed by atoms with E-state index in [1.165, 1.54) is 18.5 Å². The van der Waals surface area contributed by atoms with Gasteiger partial charge in [-0.1, -0.05) is 36.4 Å². The lowest BCUT2D eigenvalue weighted by atomic mass is 9.97. The van der Waals surface area contributed by atoms with Crippen LogP contribution in [0.3, 0.4) is 0 Å². The second-order valence-corrected chi connectivity index (χ2v) is 7.35. The molecule has 152 valence electrons. The lowest BCUT2D eigenvalue weighted by Crippen LogP contribution is -2.46. The van der Waals surface area contributed by atoms with Crippen molar-refractivity contribution in [2.45, 2.75) is 31.2 Å². The summed E-state index contributed by atoms with van der Waals surface area (Å²) in [6, 6.07) is 13.1. The van der Waals surface area contributed by atoms with E-state index in [0.717, 1.165) is 0 Å². The summed E-state index contributed by atoms with van der Waals surface area (Å²) in [5, 5.41) is 13.8. The standard InChI is InChI=1S/C20H18F3N3O2S/c1-13-12-29-18(25-13)19(28,20(21,22)23)11-16(27)26-17(14-7-3-2-4-8-14)15-9-5-6-10-24-15/h2-10,12,17,28H,11H2,1H3,(H,26,27). The van der Waals surface area contributed by atoms with Gasteiger partial charge in [-0.2, -0.15) is 13.2 Å². The van der Waals surface area contributed by atoms with Gasteiger partial charge in [0, 0.05) is 17.3 Å². The van der Waals surface area contributed by atoms with Crippen LogP contribution in [0.1, 0.15) is 34.4 Å². The summed E-state index contributed by atoms with van der Waals surface area (Å²) in [5.74, 6) is -0.975. The number of alkyl halides is 3. The van der Waals surface area contributed by atoms with Crippen molar-refractivity contribution in [3.8, 4) is 0 Å². The van der Waals surface area contributed by atoms with Gasteiger partial charge >= 0.3 is 6.18 Å². The number of aromatic nitrogens is 2. The van der Waals surface area contributed by atoms with Crippen LogP contribution in [0, 0.1) is 6.92 Å². The number of hydrogen-bond donors (Lipinski definition) is 2. The van der Waals surface area contributed by atoms with Crippen molar-refractivity contribution in [1.29, 1.82) is 0 Å². The van der Waals surface area contributed by atoms with Crippen LogP contribution in [0.2, 0.25) is 0 Å². The zero-order chi connectivity index (χ0) is 21.1. The molecule has 5 nitrogen and oxygen atoms in total. The van der Waals surface area contributed by atoms with E-state index in [-0.39, 0.29) is 0 Å². The molecule has 0 saturated carbocycles. The van der Waals surface area contributed by atoms with Crippen molar-refractivity contribution in [1.82, 2.24) is 15.3 Å². The number of aryl methyl sites for hydroxylation is 1. The van der Waals surface area contributed by atoms with Crippen LogP contribution < -0.4 is 5.32 Å². The molecule has 0 bridgehead atoms. The highest BCUT2D eigenvalue weighted by atomic mass is 32.1. The van der Waals surface area contributed by atoms with Gasteiger partial charge in [-0.3, -0.25) is 9.78 Å². The highest BCUT2D eigenvalue weighted by molar-refractivity contribution is 7.09. The molecule has 9 heteroatoms. The average Bonchev–Trinajstić information content (AvgIpc) is 3.13. The highest BCUT2D eigenvalue weighted by Crippen LogP contribution is 2.43. The fourth-order valence-electron chi connectivity index (χ4n) is 2.81. The van der Waals surface area contributed by atoms with Gasteiger partial charge in [-0.05, 0) is 24.6 Å². The quantitative estimate of drug-likeness (QED) is 0.633. The number of rotatable bonds is 6. The lowest BCUT2D eigenvalue weighted by Gasteiger charge is -2.29. The monoisotopic (exact) mass is 421 g/mol. The number of thiazole rings is 1. The number of pyridine rings is 1. The number of amides is 1. The second kappa shape index (κ2) is 8.30. The average molecular weight is 421 g/mol. The number of carbonyl (C=O) groups excluding carboxylic acids is 1. The third-order valence-corrected chi connectivity index (χ3v) is 5.39. The number of carbonyl (C=O) groups is 1. The van der Waals surface area contributed by atoms with Crippen LogP contribution >= 0.6 is 11.3 Å². The molecule has 29 heavy (non-hydrogen) atoms. The fraction of sp³-hybridized carbons (Fsp3) is 0.250. The van der Waals surface area contributed by atoms with E-state index in [1.807, 2.05) is 0 Å². The summed E-state index contributed by atoms with van der Waals surface area (Å²) in [4.78, 5) is 20.6. The molecule has 1 amide bonds. The predicted octanol–water partition coefficient (Wildman–Crippen LogP) is 3.89. The number of halogens is 3. The molecule has 2 unspecified atom stereocenters. The molecule has 0 radical (unpaired) electrons. The molecule has 1 aromatic carbocycles. The third-order valence-electron chi connectivity index (χ3n) is 4.28. The van der Waals surface area contributed by atoms with Gasteiger partial charge in [-0.15, -0.1) is 11.3 Å². The Morgan fingerprint density at radius 2 is 1.86 bits per heavy atom. The molecular formula is C20H18F3N3O2S. The number of aliphatic hydroxyl groups is 1. The predicted molar refractivity (Wildman–Crippen MR) is 102 cm³/mol. The van der Waals surface area contributed by atoms with Crippen molar-refractivity contribution >= 4 is 17.2 Å². The van der Waals surface area contributed by atoms with E-state index in [4.69, 9.17) is 0 Å². The molecular weight excluding hydrogens is 403 g/mol. The topological polar surface area (TPSA) is 75.1 Å². The number of benzene rings is 1. The molecule has 3 aromatic rings. The van der Waals surface area contributed by atoms with Gasteiger partial charge < -0.3 is 10.4 Å². The Kier molecular flexibility index (Phi) is 5.99. The number of nitrogens with zero attached hydrogens (tertiary/aromatic N) is 2. The molecule has 0 aliphatic heterocycles. The van der Waals surface area contributed by atoms with Gasteiger partial charge in [0.25, 0.3) is 0 Å². The summed E-state index contributed by atoms with van der Waals surface area (Å²) in [7, 11) is 0. The largest absolute Gasteiger partial charge is 0.424 e. The van der Waals surface area contributed by atoms with Gasteiger partial charge in [0.2, 0.25) is 11.5 Å². The Bertz CT molecular complexity index is 924. The zero-order valence-electron chi connectivity index (χ0n) is 15.3. The van der Waals surface area contributed by atoms with Crippen LogP contribution in [0.25, 0.3) is 0 Å². The van der Waals surface area contributed by atoms with Gasteiger partial charge in [0.15, 0.2) is 0 Å². The fourth-order valence-corrected chi connectivity index (χ4v) is 3.72. The summed E-state index contributed by atoms with van der Waals surface area (Å²) in [6.07, 6.45) is -4.75. The van der Waals surface area contributed by atoms with E-state index < -0.39 is 35.2 Å². The Balaban J connectivity index is 1.89. The third kappa shape index (κ3) is 4.63. The Morgan fingerprint density at radius 3 is 2.41 bits per heavy atom. The van der Waals surface area contributed by atoms with Gasteiger partial charge in [0.1, 0.15) is 5.01 Å². The minimum Gasteiger partial charge on any atom is -0.374 e. The normalized spacial score (nSPS) is 14.8. The molecule has 0 fully saturated rings. The molecule has 2 N–H and O–H groups in total. The maximum Gasteiger partial charge on any atom is 0.424 e. The van der Waals surface area contributed by atoms with Crippen molar-refractivity contribution < 1.29 is 23.1 Å². The minimum atomic E-state index is -5.07. The van der Waals surface area contributed by atoms with Crippen molar-refractivity contribution in [2.75, 3.05) is 0 Å². The van der Waals surface area contributed by atoms with E-state index in [0.29, 0.717) is 28.3 Å². The molecule has 0 saturated heterocycles. The van der Waals surface area contributed by atoms with Crippen molar-refractivity contribution in [2.24, 2.45) is 0 Å². The van der Waals surface area contributed by atoms with Crippen LogP contribution in [0.4, 0.5) is 13.2 Å². The SMILES string of the molecule is Cc1csc(C(O)(CC(=O)NC(c2ccccc2)c2ccccn2)C(F)(F)F)n1. The van der Waals surface area contributed by atoms with E-state index in [2.05, 4.69) is 15.3 Å². The van der Waals surface area contributed by atoms with Crippen LogP contribution in [-0.4, -0.2) is 27.2 Å². The first-order valence-electron chi connectivity index (χ1n) is 8.67. The Labute approximate surface area is 169 Å². The number of nitrogens with one attached hydrogen (secondary N) is 1. The Hall–Kier alpha value is -2.78. The van der Waals surface area contributed by atoms with Gasteiger partial charge in [0.05, 0.1) is 18.2 Å². The summed E-state index contributed by atoms with van der Waals surface area (Å²) in [6.45, 7) is 1.52. The van der Waals surface area contributed by atoms with Crippen LogP contribution in [-0.2, 0) is 10.4 Å². The Morgan fingerprint density at radius 1 is 1.17 bits per heavy atom. The first-order chi connectivity index (χ1) is 13.7. The van der Waals surface area contributed by atoms with E-state index in [1.54, 1.807) is 48.5 Å². The van der Waals surface area contributed by atoms with Gasteiger partial charge in [-0.25, -0.2) is 4.98 Å². The van der Waals surface area contributed by atoms with Crippen molar-refractivity contribution in [3.63, 3.8) is 0 Å². The maximum absolute atomic E-state index is 13.7. The molecule has 2 heterocycles. The second-order valence-electron chi connectivity index (χ2n) is 6.49. The summed E-state index contributed by atoms with van der Waals surface area (Å²) in [5.41, 5.74) is -1.92. The first kappa shape index (κ1) is 20.9. The molecule has 0 aliphatic carbocycles. The van der Waals surface area contributed by atoms with Crippen molar-refractivity contribution in [3.05, 3.63) is 82.1 Å². The number of hydrogen-bond acceptors (Lipinski definition) is 5. The zero-order valence-corrected chi connectivity index (χ0v) is 16.2. The smallest absolute Gasteiger partial charge is 0.374 e. The summed E-state index contributed by atoms with van der Waals surface area (Å²) < 4.78 is 41.0. The molecule has 2 aromatic heterocycles. The molecule has 0 aliphatic rings. The molecule has 3 rings (SSSR count). The molecule has 2 atom stereocenters. The van der Waals surface area contributed by atoms with E-state index in [9.17, 15) is 23.1 Å². The highest BCUT2D eigenvalue weighted by Gasteiger charge is 2.58. The van der Waals surface area contributed by atoms with E-state index >= 15 is 0 Å². The summed E-state index contributed by atoms with van der Waals surface area (Å²) >= 11 is 0.664. The van der Waals surface area contributed by atoms with Crippen LogP contribution in [0.15, 0.2) is 60.1 Å². The first-order valence-corrected chi connectivity index (χ1v) is 9.55.